The summed E-state index contributed by atoms with van der Waals surface area (Å²) in [5, 5.41) is 19.4. The average molecular weight is 223 g/mol. The molecule has 0 radical (unpaired) electrons. The monoisotopic (exact) mass is 223 g/mol. The van der Waals surface area contributed by atoms with Crippen molar-refractivity contribution in [2.24, 2.45) is 5.92 Å². The molecule has 5 nitrogen and oxygen atoms in total. The first kappa shape index (κ1) is 12.2. The molecule has 0 aliphatic heterocycles. The van der Waals surface area contributed by atoms with Gasteiger partial charge in [-0.15, -0.1) is 0 Å². The molecule has 1 aromatic carbocycles. The van der Waals surface area contributed by atoms with Gasteiger partial charge in [0.2, 0.25) is 0 Å². The van der Waals surface area contributed by atoms with Crippen LogP contribution in [0.4, 0.5) is 5.69 Å². The van der Waals surface area contributed by atoms with Crippen molar-refractivity contribution in [3.8, 4) is 0 Å². The first-order valence-electron chi connectivity index (χ1n) is 4.88. The van der Waals surface area contributed by atoms with E-state index in [4.69, 9.17) is 5.11 Å². The number of hydrogen-bond donors (Lipinski definition) is 1. The zero-order valence-electron chi connectivity index (χ0n) is 9.14. The van der Waals surface area contributed by atoms with Crippen molar-refractivity contribution >= 4 is 11.7 Å². The van der Waals surface area contributed by atoms with Crippen LogP contribution in [-0.2, 0) is 11.2 Å². The van der Waals surface area contributed by atoms with Crippen LogP contribution in [0.15, 0.2) is 18.2 Å². The topological polar surface area (TPSA) is 80.4 Å². The number of carbonyl (C=O) groups is 1. The van der Waals surface area contributed by atoms with Crippen molar-refractivity contribution in [1.82, 2.24) is 0 Å². The average Bonchev–Trinajstić information content (AvgIpc) is 2.20. The predicted octanol–water partition coefficient (Wildman–Crippen LogP) is 2.17. The molecule has 1 aromatic rings. The van der Waals surface area contributed by atoms with Gasteiger partial charge < -0.3 is 5.11 Å². The molecule has 0 bridgehead atoms. The Morgan fingerprint density at radius 2 is 2.19 bits per heavy atom. The number of nitro groups is 1. The van der Waals surface area contributed by atoms with Crippen LogP contribution in [0.25, 0.3) is 0 Å². The van der Waals surface area contributed by atoms with Crippen molar-refractivity contribution in [2.45, 2.75) is 20.3 Å². The van der Waals surface area contributed by atoms with Gasteiger partial charge >= 0.3 is 5.97 Å². The molecular weight excluding hydrogens is 210 g/mol. The third kappa shape index (κ3) is 2.79. The van der Waals surface area contributed by atoms with Gasteiger partial charge in [-0.05, 0) is 24.5 Å². The summed E-state index contributed by atoms with van der Waals surface area (Å²) in [4.78, 5) is 20.8. The smallest absolute Gasteiger partial charge is 0.306 e. The summed E-state index contributed by atoms with van der Waals surface area (Å²) in [7, 11) is 0. The summed E-state index contributed by atoms with van der Waals surface area (Å²) in [6.07, 6.45) is 0.308. The molecule has 1 unspecified atom stereocenters. The third-order valence-corrected chi connectivity index (χ3v) is 2.49. The highest BCUT2D eigenvalue weighted by molar-refractivity contribution is 5.70. The zero-order valence-corrected chi connectivity index (χ0v) is 9.14. The highest BCUT2D eigenvalue weighted by atomic mass is 16.6. The molecule has 1 rings (SSSR count). The standard InChI is InChI=1S/C11H13NO4/c1-7-3-4-10(12(15)16)6-9(7)5-8(2)11(13)14/h3-4,6,8H,5H2,1-2H3,(H,13,14). The molecule has 0 aromatic heterocycles. The Morgan fingerprint density at radius 1 is 1.56 bits per heavy atom. The number of nitrogens with zero attached hydrogens (tertiary/aromatic N) is 1. The molecule has 1 N–H and O–H groups in total. The summed E-state index contributed by atoms with van der Waals surface area (Å²) < 4.78 is 0. The maximum atomic E-state index is 10.7. The Kier molecular flexibility index (Phi) is 3.60. The molecule has 86 valence electrons. The predicted molar refractivity (Wildman–Crippen MR) is 58.3 cm³/mol. The number of nitro benzene ring substituents is 1. The van der Waals surface area contributed by atoms with Crippen LogP contribution in [0.3, 0.4) is 0 Å². The van der Waals surface area contributed by atoms with E-state index in [1.54, 1.807) is 13.0 Å². The largest absolute Gasteiger partial charge is 0.481 e. The Morgan fingerprint density at radius 3 is 2.69 bits per heavy atom. The van der Waals surface area contributed by atoms with E-state index in [0.717, 1.165) is 5.56 Å². The fraction of sp³-hybridized carbons (Fsp3) is 0.364. The number of aliphatic carboxylic acids is 1. The van der Waals surface area contributed by atoms with E-state index >= 15 is 0 Å². The fourth-order valence-electron chi connectivity index (χ4n) is 1.41. The second-order valence-corrected chi connectivity index (χ2v) is 3.81. The first-order valence-corrected chi connectivity index (χ1v) is 4.88. The fourth-order valence-corrected chi connectivity index (χ4v) is 1.41. The van der Waals surface area contributed by atoms with Gasteiger partial charge in [0.25, 0.3) is 5.69 Å². The zero-order chi connectivity index (χ0) is 12.3. The Hall–Kier alpha value is -1.91. The van der Waals surface area contributed by atoms with E-state index < -0.39 is 16.8 Å². The highest BCUT2D eigenvalue weighted by Crippen LogP contribution is 2.20. The maximum absolute atomic E-state index is 10.7. The summed E-state index contributed by atoms with van der Waals surface area (Å²) >= 11 is 0. The number of rotatable bonds is 4. The number of hydrogen-bond acceptors (Lipinski definition) is 3. The van der Waals surface area contributed by atoms with Gasteiger partial charge in [0.05, 0.1) is 10.8 Å². The van der Waals surface area contributed by atoms with Crippen molar-refractivity contribution in [3.05, 3.63) is 39.4 Å². The van der Waals surface area contributed by atoms with Crippen LogP contribution in [0.1, 0.15) is 18.1 Å². The van der Waals surface area contributed by atoms with Gasteiger partial charge in [-0.25, -0.2) is 0 Å². The van der Waals surface area contributed by atoms with Crippen molar-refractivity contribution < 1.29 is 14.8 Å². The van der Waals surface area contributed by atoms with Crippen LogP contribution < -0.4 is 0 Å². The molecule has 0 saturated carbocycles. The molecule has 0 saturated heterocycles. The van der Waals surface area contributed by atoms with E-state index in [0.29, 0.717) is 12.0 Å². The lowest BCUT2D eigenvalue weighted by molar-refractivity contribution is -0.384. The molecule has 0 heterocycles. The number of carboxylic acid groups (broad SMARTS) is 1. The molecule has 0 spiro atoms. The summed E-state index contributed by atoms with van der Waals surface area (Å²) in [6, 6.07) is 4.50. The third-order valence-electron chi connectivity index (χ3n) is 2.49. The van der Waals surface area contributed by atoms with Crippen LogP contribution in [0, 0.1) is 23.0 Å². The Balaban J connectivity index is 2.98. The lowest BCUT2D eigenvalue weighted by atomic mass is 9.97. The van der Waals surface area contributed by atoms with Gasteiger partial charge in [0.1, 0.15) is 0 Å². The van der Waals surface area contributed by atoms with E-state index in [1.807, 2.05) is 6.92 Å². The number of aryl methyl sites for hydroxylation is 1. The minimum Gasteiger partial charge on any atom is -0.481 e. The molecule has 16 heavy (non-hydrogen) atoms. The van der Waals surface area contributed by atoms with Crippen LogP contribution in [0.5, 0.6) is 0 Å². The van der Waals surface area contributed by atoms with E-state index in [1.165, 1.54) is 12.1 Å². The Labute approximate surface area is 92.9 Å². The molecule has 0 fully saturated rings. The number of benzene rings is 1. The van der Waals surface area contributed by atoms with Crippen LogP contribution in [0.2, 0.25) is 0 Å². The summed E-state index contributed by atoms with van der Waals surface area (Å²) in [6.45, 7) is 3.40. The minimum absolute atomic E-state index is 0.00168. The first-order chi connectivity index (χ1) is 7.41. The molecular formula is C11H13NO4. The van der Waals surface area contributed by atoms with Crippen LogP contribution in [-0.4, -0.2) is 16.0 Å². The quantitative estimate of drug-likeness (QED) is 0.626. The summed E-state index contributed by atoms with van der Waals surface area (Å²) in [5.41, 5.74) is 1.58. The van der Waals surface area contributed by atoms with Gasteiger partial charge in [-0.1, -0.05) is 13.0 Å². The van der Waals surface area contributed by atoms with Crippen molar-refractivity contribution in [2.75, 3.05) is 0 Å². The minimum atomic E-state index is -0.897. The molecule has 0 aliphatic rings. The molecule has 0 aliphatic carbocycles. The van der Waals surface area contributed by atoms with Crippen molar-refractivity contribution in [3.63, 3.8) is 0 Å². The van der Waals surface area contributed by atoms with Crippen LogP contribution >= 0.6 is 0 Å². The molecule has 0 amide bonds. The normalized spacial score (nSPS) is 12.1. The highest BCUT2D eigenvalue weighted by Gasteiger charge is 2.15. The van der Waals surface area contributed by atoms with Gasteiger partial charge in [0, 0.05) is 12.1 Å². The second kappa shape index (κ2) is 4.74. The van der Waals surface area contributed by atoms with E-state index in [2.05, 4.69) is 0 Å². The maximum Gasteiger partial charge on any atom is 0.306 e. The van der Waals surface area contributed by atoms with E-state index in [9.17, 15) is 14.9 Å². The Bertz CT molecular complexity index is 428. The van der Waals surface area contributed by atoms with E-state index in [-0.39, 0.29) is 5.69 Å². The van der Waals surface area contributed by atoms with Gasteiger partial charge in [-0.2, -0.15) is 0 Å². The lowest BCUT2D eigenvalue weighted by Gasteiger charge is -2.08. The number of carboxylic acids is 1. The number of non-ortho nitro benzene ring substituents is 1. The molecule has 1 atom stereocenters. The van der Waals surface area contributed by atoms with Gasteiger partial charge in [-0.3, -0.25) is 14.9 Å². The molecule has 5 heteroatoms. The van der Waals surface area contributed by atoms with Gasteiger partial charge in [0.15, 0.2) is 0 Å². The second-order valence-electron chi connectivity index (χ2n) is 3.81. The summed E-state index contributed by atoms with van der Waals surface area (Å²) in [5.74, 6) is -1.44. The SMILES string of the molecule is Cc1ccc([N+](=O)[O-])cc1CC(C)C(=O)O. The lowest BCUT2D eigenvalue weighted by Crippen LogP contribution is -2.13. The van der Waals surface area contributed by atoms with Crippen molar-refractivity contribution in [1.29, 1.82) is 0 Å².